The number of hydrogen-bond acceptors (Lipinski definition) is 3. The lowest BCUT2D eigenvalue weighted by atomic mass is 9.69. The van der Waals surface area contributed by atoms with Crippen molar-refractivity contribution in [1.29, 1.82) is 0 Å². The monoisotopic (exact) mass is 252 g/mol. The molecule has 1 fully saturated rings. The summed E-state index contributed by atoms with van der Waals surface area (Å²) in [5.41, 5.74) is 8.07. The van der Waals surface area contributed by atoms with Crippen molar-refractivity contribution in [2.45, 2.75) is 57.0 Å². The number of rotatable bonds is 3. The molecule has 1 saturated carbocycles. The third kappa shape index (κ3) is 2.57. The number of nitrogens with zero attached hydrogens (tertiary/aromatic N) is 1. The average Bonchev–Trinajstić information content (AvgIpc) is 2.38. The van der Waals surface area contributed by atoms with Gasteiger partial charge in [0.05, 0.1) is 12.9 Å². The van der Waals surface area contributed by atoms with Crippen LogP contribution >= 0.6 is 0 Å². The smallest absolute Gasteiger partial charge is 0.0876 e. The van der Waals surface area contributed by atoms with Crippen LogP contribution in [0.25, 0.3) is 0 Å². The molecular formula is C15H28N2O. The van der Waals surface area contributed by atoms with Crippen molar-refractivity contribution in [1.82, 2.24) is 4.90 Å². The van der Waals surface area contributed by atoms with Gasteiger partial charge in [-0.2, -0.15) is 0 Å². The zero-order chi connectivity index (χ0) is 13.2. The van der Waals surface area contributed by atoms with E-state index in [4.69, 9.17) is 10.5 Å². The van der Waals surface area contributed by atoms with Gasteiger partial charge >= 0.3 is 0 Å². The van der Waals surface area contributed by atoms with Gasteiger partial charge in [0.15, 0.2) is 0 Å². The molecule has 0 radical (unpaired) electrons. The Kier molecular flexibility index (Phi) is 4.33. The molecule has 3 nitrogen and oxygen atoms in total. The second kappa shape index (κ2) is 5.62. The maximum atomic E-state index is 6.63. The molecule has 2 N–H and O–H groups in total. The third-order valence-corrected chi connectivity index (χ3v) is 4.84. The van der Waals surface area contributed by atoms with E-state index >= 15 is 0 Å². The van der Waals surface area contributed by atoms with Crippen molar-refractivity contribution < 1.29 is 4.74 Å². The Morgan fingerprint density at radius 1 is 1.44 bits per heavy atom. The van der Waals surface area contributed by atoms with Crippen LogP contribution in [0.1, 0.15) is 45.4 Å². The van der Waals surface area contributed by atoms with Crippen LogP contribution in [0.4, 0.5) is 0 Å². The van der Waals surface area contributed by atoms with Gasteiger partial charge < -0.3 is 15.4 Å². The first-order valence-electron chi connectivity index (χ1n) is 7.30. The fraction of sp³-hybridized carbons (Fsp3) is 0.867. The Bertz CT molecular complexity index is 314. The summed E-state index contributed by atoms with van der Waals surface area (Å²) in [6.07, 6.45) is 9.20. The van der Waals surface area contributed by atoms with Crippen LogP contribution in [-0.4, -0.2) is 37.2 Å². The number of ether oxygens (including phenoxy) is 1. The molecule has 2 aliphatic rings. The molecule has 1 aliphatic carbocycles. The Labute approximate surface area is 111 Å². The van der Waals surface area contributed by atoms with Crippen LogP contribution in [0.15, 0.2) is 11.8 Å². The Hall–Kier alpha value is -0.540. The maximum absolute atomic E-state index is 6.63. The van der Waals surface area contributed by atoms with Crippen molar-refractivity contribution in [2.24, 2.45) is 11.7 Å². The fourth-order valence-corrected chi connectivity index (χ4v) is 3.69. The lowest BCUT2D eigenvalue weighted by Crippen LogP contribution is -2.60. The summed E-state index contributed by atoms with van der Waals surface area (Å²) < 4.78 is 5.49. The molecular weight excluding hydrogens is 224 g/mol. The Balaban J connectivity index is 2.20. The molecule has 0 amide bonds. The van der Waals surface area contributed by atoms with Gasteiger partial charge in [0.1, 0.15) is 0 Å². The van der Waals surface area contributed by atoms with Crippen LogP contribution in [0.3, 0.4) is 0 Å². The second-order valence-electron chi connectivity index (χ2n) is 6.34. The minimum Gasteiger partial charge on any atom is -0.501 e. The van der Waals surface area contributed by atoms with Gasteiger partial charge in [-0.25, -0.2) is 0 Å². The third-order valence-electron chi connectivity index (χ3n) is 4.84. The summed E-state index contributed by atoms with van der Waals surface area (Å²) in [4.78, 5) is 2.36. The molecule has 0 aromatic carbocycles. The number of likely N-dealkylation sites (N-methyl/N-ethyl adjacent to an activating group) is 1. The van der Waals surface area contributed by atoms with E-state index in [-0.39, 0.29) is 11.6 Å². The molecule has 0 bridgehead atoms. The first-order chi connectivity index (χ1) is 8.56. The van der Waals surface area contributed by atoms with Crippen LogP contribution in [-0.2, 0) is 4.74 Å². The van der Waals surface area contributed by atoms with E-state index in [0.29, 0.717) is 0 Å². The predicted molar refractivity (Wildman–Crippen MR) is 75.3 cm³/mol. The van der Waals surface area contributed by atoms with Gasteiger partial charge in [-0.1, -0.05) is 19.8 Å². The summed E-state index contributed by atoms with van der Waals surface area (Å²) in [7, 11) is 4.37. The lowest BCUT2D eigenvalue weighted by Gasteiger charge is -2.49. The molecule has 2 rings (SSSR count). The predicted octanol–water partition coefficient (Wildman–Crippen LogP) is 2.52. The van der Waals surface area contributed by atoms with Gasteiger partial charge in [-0.15, -0.1) is 0 Å². The molecule has 3 unspecified atom stereocenters. The minimum absolute atomic E-state index is 0.121. The van der Waals surface area contributed by atoms with E-state index in [9.17, 15) is 0 Å². The lowest BCUT2D eigenvalue weighted by molar-refractivity contribution is 0.0566. The highest BCUT2D eigenvalue weighted by atomic mass is 16.5. The highest BCUT2D eigenvalue weighted by molar-refractivity contribution is 5.19. The van der Waals surface area contributed by atoms with Crippen LogP contribution in [0.2, 0.25) is 0 Å². The molecule has 3 atom stereocenters. The molecule has 0 aromatic heterocycles. The summed E-state index contributed by atoms with van der Waals surface area (Å²) >= 11 is 0. The standard InChI is InChI=1S/C15H28N2O/c1-12-6-4-8-15(10-12,17(2)3)14(16)13-7-5-9-18-11-13/h11-12,14H,4-10,16H2,1-3H3. The van der Waals surface area contributed by atoms with E-state index in [1.807, 2.05) is 6.26 Å². The first-order valence-corrected chi connectivity index (χ1v) is 7.30. The van der Waals surface area contributed by atoms with Gasteiger partial charge in [0.2, 0.25) is 0 Å². The Morgan fingerprint density at radius 3 is 2.78 bits per heavy atom. The van der Waals surface area contributed by atoms with Gasteiger partial charge in [0.25, 0.3) is 0 Å². The highest BCUT2D eigenvalue weighted by Crippen LogP contribution is 2.40. The number of nitrogens with two attached hydrogens (primary N) is 1. The molecule has 3 heteroatoms. The van der Waals surface area contributed by atoms with Gasteiger partial charge in [-0.05, 0) is 51.3 Å². The van der Waals surface area contributed by atoms with E-state index in [2.05, 4.69) is 25.9 Å². The fourth-order valence-electron chi connectivity index (χ4n) is 3.69. The highest BCUT2D eigenvalue weighted by Gasteiger charge is 2.43. The maximum Gasteiger partial charge on any atom is 0.0876 e. The quantitative estimate of drug-likeness (QED) is 0.839. The van der Waals surface area contributed by atoms with Crippen molar-refractivity contribution in [2.75, 3.05) is 20.7 Å². The Morgan fingerprint density at radius 2 is 2.22 bits per heavy atom. The SMILES string of the molecule is CC1CCCC(C(N)C2=COCCC2)(N(C)C)C1. The van der Waals surface area contributed by atoms with Crippen LogP contribution in [0, 0.1) is 5.92 Å². The summed E-state index contributed by atoms with van der Waals surface area (Å²) in [5.74, 6) is 0.775. The zero-order valence-electron chi connectivity index (χ0n) is 12.1. The van der Waals surface area contributed by atoms with Crippen LogP contribution in [0.5, 0.6) is 0 Å². The van der Waals surface area contributed by atoms with Crippen molar-refractivity contribution in [3.05, 3.63) is 11.8 Å². The van der Waals surface area contributed by atoms with Crippen molar-refractivity contribution >= 4 is 0 Å². The molecule has 1 aliphatic heterocycles. The molecule has 18 heavy (non-hydrogen) atoms. The zero-order valence-corrected chi connectivity index (χ0v) is 12.1. The average molecular weight is 252 g/mol. The largest absolute Gasteiger partial charge is 0.501 e. The molecule has 0 saturated heterocycles. The minimum atomic E-state index is 0.121. The topological polar surface area (TPSA) is 38.5 Å². The summed E-state index contributed by atoms with van der Waals surface area (Å²) in [6.45, 7) is 3.21. The van der Waals surface area contributed by atoms with Crippen molar-refractivity contribution in [3.8, 4) is 0 Å². The second-order valence-corrected chi connectivity index (χ2v) is 6.34. The number of hydrogen-bond donors (Lipinski definition) is 1. The van der Waals surface area contributed by atoms with E-state index in [1.54, 1.807) is 0 Å². The summed E-state index contributed by atoms with van der Waals surface area (Å²) in [5, 5.41) is 0. The molecule has 104 valence electrons. The first kappa shape index (κ1) is 13.9. The summed E-state index contributed by atoms with van der Waals surface area (Å²) in [6, 6.07) is 0.121. The molecule has 0 spiro atoms. The normalized spacial score (nSPS) is 34.9. The molecule has 1 heterocycles. The van der Waals surface area contributed by atoms with Gasteiger partial charge in [-0.3, -0.25) is 0 Å². The van der Waals surface area contributed by atoms with E-state index in [1.165, 1.54) is 31.3 Å². The van der Waals surface area contributed by atoms with Crippen LogP contribution < -0.4 is 5.73 Å². The van der Waals surface area contributed by atoms with E-state index < -0.39 is 0 Å². The van der Waals surface area contributed by atoms with Crippen molar-refractivity contribution in [3.63, 3.8) is 0 Å². The van der Waals surface area contributed by atoms with Gasteiger partial charge in [0, 0.05) is 11.6 Å². The van der Waals surface area contributed by atoms with E-state index in [0.717, 1.165) is 25.4 Å². The molecule has 0 aromatic rings.